The molecule has 0 amide bonds. The summed E-state index contributed by atoms with van der Waals surface area (Å²) in [4.78, 5) is 38.9. The lowest BCUT2D eigenvalue weighted by Crippen LogP contribution is -2.78. The standard InChI is InChI=1S/C25H34O10/c1-6-22(3,32)21(31)35-15-17-24(5)19(29)14(27)16-23(4)11(10(2)7-12(26)18(23)28)8-13(34-20(15)30)25(16,17)9-33-24/h7,11,13-19,27-29,32H,6,8-9H2,1-5H3/t11-,13+,14+,15+,16+,17-,18+,19-,22+,23-,24-,25+/m0/s1. The zero-order valence-corrected chi connectivity index (χ0v) is 20.6. The Balaban J connectivity index is 1.69. The largest absolute Gasteiger partial charge is 0.459 e. The van der Waals surface area contributed by atoms with Crippen LogP contribution in [0.5, 0.6) is 0 Å². The van der Waals surface area contributed by atoms with Crippen molar-refractivity contribution < 1.29 is 49.0 Å². The predicted octanol–water partition coefficient (Wildman–Crippen LogP) is -0.356. The van der Waals surface area contributed by atoms with Crippen LogP contribution >= 0.6 is 0 Å². The van der Waals surface area contributed by atoms with Crippen molar-refractivity contribution in [2.45, 2.75) is 89.2 Å². The number of esters is 2. The minimum absolute atomic E-state index is 0.0326. The highest BCUT2D eigenvalue weighted by Gasteiger charge is 2.82. The van der Waals surface area contributed by atoms with Gasteiger partial charge in [-0.1, -0.05) is 19.4 Å². The number of fused-ring (bicyclic) bond motifs is 2. The lowest BCUT2D eigenvalue weighted by atomic mass is 9.38. The van der Waals surface area contributed by atoms with E-state index in [-0.39, 0.29) is 19.4 Å². The van der Waals surface area contributed by atoms with Crippen molar-refractivity contribution >= 4 is 17.7 Å². The summed E-state index contributed by atoms with van der Waals surface area (Å²) in [6, 6.07) is 0. The average Bonchev–Trinajstić information content (AvgIpc) is 3.06. The van der Waals surface area contributed by atoms with E-state index in [0.717, 1.165) is 0 Å². The van der Waals surface area contributed by atoms with E-state index in [1.54, 1.807) is 27.7 Å². The van der Waals surface area contributed by atoms with E-state index >= 15 is 0 Å². The van der Waals surface area contributed by atoms with Gasteiger partial charge in [0.2, 0.25) is 6.10 Å². The Hall–Kier alpha value is -1.85. The molecule has 0 unspecified atom stereocenters. The first-order valence-electron chi connectivity index (χ1n) is 12.2. The van der Waals surface area contributed by atoms with E-state index in [1.165, 1.54) is 13.0 Å². The molecule has 4 fully saturated rings. The van der Waals surface area contributed by atoms with Crippen molar-refractivity contribution in [3.63, 3.8) is 0 Å². The van der Waals surface area contributed by atoms with Crippen molar-refractivity contribution in [1.29, 1.82) is 0 Å². The third-order valence-electron chi connectivity index (χ3n) is 10.1. The van der Waals surface area contributed by atoms with Gasteiger partial charge in [0.05, 0.1) is 18.6 Å². The Bertz CT molecular complexity index is 1020. The first kappa shape index (κ1) is 24.8. The molecule has 2 bridgehead atoms. The van der Waals surface area contributed by atoms with E-state index < -0.39 is 88.0 Å². The quantitative estimate of drug-likeness (QED) is 0.382. The molecule has 0 aromatic heterocycles. The van der Waals surface area contributed by atoms with Gasteiger partial charge in [-0.25, -0.2) is 9.59 Å². The molecule has 5 rings (SSSR count). The Kier molecular flexibility index (Phi) is 5.21. The molecule has 194 valence electrons. The fraction of sp³-hybridized carbons (Fsp3) is 0.800. The zero-order chi connectivity index (χ0) is 25.9. The summed E-state index contributed by atoms with van der Waals surface area (Å²) in [5.74, 6) is -4.58. The second-order valence-corrected chi connectivity index (χ2v) is 11.7. The number of hydrogen-bond donors (Lipinski definition) is 4. The summed E-state index contributed by atoms with van der Waals surface area (Å²) in [5, 5.41) is 44.5. The molecule has 10 nitrogen and oxygen atoms in total. The third kappa shape index (κ3) is 2.80. The maximum Gasteiger partial charge on any atom is 0.348 e. The van der Waals surface area contributed by atoms with Crippen LogP contribution < -0.4 is 0 Å². The van der Waals surface area contributed by atoms with E-state index in [2.05, 4.69) is 0 Å². The Morgan fingerprint density at radius 1 is 1.23 bits per heavy atom. The normalized spacial score (nSPS) is 52.0. The van der Waals surface area contributed by atoms with Crippen LogP contribution in [-0.4, -0.2) is 86.5 Å². The molecule has 2 saturated heterocycles. The van der Waals surface area contributed by atoms with Gasteiger partial charge in [0.1, 0.15) is 23.9 Å². The predicted molar refractivity (Wildman–Crippen MR) is 117 cm³/mol. The summed E-state index contributed by atoms with van der Waals surface area (Å²) < 4.78 is 17.6. The van der Waals surface area contributed by atoms with Crippen LogP contribution in [0.15, 0.2) is 11.6 Å². The molecular formula is C25H34O10. The van der Waals surface area contributed by atoms with Crippen LogP contribution in [0, 0.1) is 28.6 Å². The van der Waals surface area contributed by atoms with Crippen LogP contribution in [0.4, 0.5) is 0 Å². The van der Waals surface area contributed by atoms with Crippen LogP contribution in [0.3, 0.4) is 0 Å². The van der Waals surface area contributed by atoms with Crippen molar-refractivity contribution in [3.8, 4) is 0 Å². The molecule has 0 radical (unpaired) electrons. The summed E-state index contributed by atoms with van der Waals surface area (Å²) >= 11 is 0. The summed E-state index contributed by atoms with van der Waals surface area (Å²) in [6.07, 6.45) is -4.94. The Morgan fingerprint density at radius 3 is 2.51 bits per heavy atom. The summed E-state index contributed by atoms with van der Waals surface area (Å²) in [5.41, 5.74) is -4.97. The average molecular weight is 495 g/mol. The van der Waals surface area contributed by atoms with Gasteiger partial charge in [-0.15, -0.1) is 0 Å². The molecule has 2 aliphatic heterocycles. The first-order chi connectivity index (χ1) is 16.2. The highest BCUT2D eigenvalue weighted by atomic mass is 16.6. The molecule has 1 spiro atoms. The lowest BCUT2D eigenvalue weighted by Gasteiger charge is -2.68. The second kappa shape index (κ2) is 7.35. The monoisotopic (exact) mass is 494 g/mol. The lowest BCUT2D eigenvalue weighted by molar-refractivity contribution is -0.298. The molecule has 0 aromatic rings. The van der Waals surface area contributed by atoms with Crippen molar-refractivity contribution in [1.82, 2.24) is 0 Å². The molecule has 3 aliphatic carbocycles. The highest BCUT2D eigenvalue weighted by Crippen LogP contribution is 2.72. The van der Waals surface area contributed by atoms with Crippen molar-refractivity contribution in [2.24, 2.45) is 28.6 Å². The fourth-order valence-electron chi connectivity index (χ4n) is 8.06. The molecule has 4 N–H and O–H groups in total. The Morgan fingerprint density at radius 2 is 1.89 bits per heavy atom. The fourth-order valence-corrected chi connectivity index (χ4v) is 8.06. The molecule has 10 heteroatoms. The maximum atomic E-state index is 13.3. The molecular weight excluding hydrogens is 460 g/mol. The molecule has 0 aromatic carbocycles. The summed E-state index contributed by atoms with van der Waals surface area (Å²) in [7, 11) is 0. The number of aliphatic hydroxyl groups is 4. The number of allylic oxidation sites excluding steroid dienone is 1. The number of carbonyl (C=O) groups is 3. The summed E-state index contributed by atoms with van der Waals surface area (Å²) in [6.45, 7) is 7.90. The maximum absolute atomic E-state index is 13.3. The molecule has 2 saturated carbocycles. The van der Waals surface area contributed by atoms with Crippen LogP contribution in [0.1, 0.15) is 47.5 Å². The van der Waals surface area contributed by atoms with Gasteiger partial charge in [-0.05, 0) is 45.6 Å². The first-order valence-corrected chi connectivity index (χ1v) is 12.2. The number of ketones is 1. The van der Waals surface area contributed by atoms with Gasteiger partial charge in [-0.2, -0.15) is 0 Å². The van der Waals surface area contributed by atoms with E-state index in [4.69, 9.17) is 14.2 Å². The highest BCUT2D eigenvalue weighted by molar-refractivity contribution is 5.96. The molecule has 2 heterocycles. The van der Waals surface area contributed by atoms with Gasteiger partial charge < -0.3 is 34.6 Å². The van der Waals surface area contributed by atoms with Gasteiger partial charge in [-0.3, -0.25) is 4.79 Å². The number of carbonyl (C=O) groups excluding carboxylic acids is 3. The zero-order valence-electron chi connectivity index (χ0n) is 20.6. The minimum Gasteiger partial charge on any atom is -0.459 e. The SMILES string of the molecule is CC[C@@](C)(O)C(=O)O[C@H]1C(=O)O[C@@H]2C[C@H]3C(C)=CC(=O)[C@@H](O)[C@]3(C)[C@H]3[C@@H](O)[C@H](O)[C@@]4(C)OC[C@]32[C@@H]14. The van der Waals surface area contributed by atoms with Crippen LogP contribution in [-0.2, 0) is 28.6 Å². The number of ether oxygens (including phenoxy) is 3. The number of aliphatic hydroxyl groups excluding tert-OH is 3. The van der Waals surface area contributed by atoms with Crippen molar-refractivity contribution in [3.05, 3.63) is 11.6 Å². The van der Waals surface area contributed by atoms with Gasteiger partial charge in [0.15, 0.2) is 11.4 Å². The Labute approximate surface area is 203 Å². The molecule has 5 aliphatic rings. The second-order valence-electron chi connectivity index (χ2n) is 11.7. The van der Waals surface area contributed by atoms with Crippen LogP contribution in [0.25, 0.3) is 0 Å². The van der Waals surface area contributed by atoms with E-state index in [1.807, 2.05) is 0 Å². The van der Waals surface area contributed by atoms with Crippen molar-refractivity contribution in [2.75, 3.05) is 6.61 Å². The van der Waals surface area contributed by atoms with Crippen LogP contribution in [0.2, 0.25) is 0 Å². The van der Waals surface area contributed by atoms with E-state index in [9.17, 15) is 34.8 Å². The molecule has 12 atom stereocenters. The van der Waals surface area contributed by atoms with E-state index in [0.29, 0.717) is 5.57 Å². The smallest absolute Gasteiger partial charge is 0.348 e. The van der Waals surface area contributed by atoms with Gasteiger partial charge in [0.25, 0.3) is 0 Å². The van der Waals surface area contributed by atoms with Gasteiger partial charge in [0, 0.05) is 16.7 Å². The number of rotatable bonds is 3. The number of hydrogen-bond acceptors (Lipinski definition) is 10. The minimum atomic E-state index is -1.85. The molecule has 35 heavy (non-hydrogen) atoms. The topological polar surface area (TPSA) is 160 Å². The van der Waals surface area contributed by atoms with Gasteiger partial charge >= 0.3 is 11.9 Å². The third-order valence-corrected chi connectivity index (χ3v) is 10.1.